The van der Waals surface area contributed by atoms with E-state index in [1.165, 1.54) is 30.6 Å². The molecular weight excluding hydrogens is 241 g/mol. The molecule has 0 fully saturated rings. The van der Waals surface area contributed by atoms with Crippen molar-refractivity contribution in [1.29, 1.82) is 0 Å². The second kappa shape index (κ2) is 4.63. The zero-order valence-electron chi connectivity index (χ0n) is 9.08. The summed E-state index contributed by atoms with van der Waals surface area (Å²) in [7, 11) is 0. The van der Waals surface area contributed by atoms with E-state index < -0.39 is 5.82 Å². The topological polar surface area (TPSA) is 30.0 Å². The first-order valence-electron chi connectivity index (χ1n) is 4.99. The Labute approximate surface area is 103 Å². The highest BCUT2D eigenvalue weighted by Crippen LogP contribution is 2.19. The van der Waals surface area contributed by atoms with Crippen molar-refractivity contribution in [2.75, 3.05) is 0 Å². The molecule has 1 aromatic carbocycles. The average Bonchev–Trinajstić information content (AvgIpc) is 2.27. The Morgan fingerprint density at radius 2 is 2.12 bits per heavy atom. The van der Waals surface area contributed by atoms with Crippen LogP contribution in [0.4, 0.5) is 4.39 Å². The van der Waals surface area contributed by atoms with Gasteiger partial charge in [0.2, 0.25) is 0 Å². The predicted molar refractivity (Wildman–Crippen MR) is 63.8 cm³/mol. The van der Waals surface area contributed by atoms with E-state index in [2.05, 4.69) is 4.98 Å². The quantitative estimate of drug-likeness (QED) is 0.764. The molecule has 17 heavy (non-hydrogen) atoms. The number of hydrogen-bond donors (Lipinski definition) is 0. The first kappa shape index (κ1) is 11.7. The number of hydrogen-bond acceptors (Lipinski definition) is 2. The molecule has 0 atom stereocenters. The average molecular weight is 250 g/mol. The third kappa shape index (κ3) is 2.50. The number of nitrogens with zero attached hydrogens (tertiary/aromatic N) is 1. The van der Waals surface area contributed by atoms with Crippen LogP contribution in [0.15, 0.2) is 36.7 Å². The van der Waals surface area contributed by atoms with Gasteiger partial charge in [-0.25, -0.2) is 4.39 Å². The van der Waals surface area contributed by atoms with Gasteiger partial charge in [-0.1, -0.05) is 11.6 Å². The van der Waals surface area contributed by atoms with Gasteiger partial charge in [0.15, 0.2) is 5.78 Å². The van der Waals surface area contributed by atoms with E-state index in [1.807, 2.05) is 0 Å². The molecule has 0 saturated heterocycles. The zero-order chi connectivity index (χ0) is 12.4. The van der Waals surface area contributed by atoms with Gasteiger partial charge >= 0.3 is 0 Å². The number of carbonyl (C=O) groups is 1. The third-order valence-corrected chi connectivity index (χ3v) is 2.62. The highest BCUT2D eigenvalue weighted by atomic mass is 35.5. The van der Waals surface area contributed by atoms with Gasteiger partial charge in [0.25, 0.3) is 0 Å². The first-order chi connectivity index (χ1) is 8.08. The lowest BCUT2D eigenvalue weighted by atomic mass is 10.0. The third-order valence-electron chi connectivity index (χ3n) is 2.32. The van der Waals surface area contributed by atoms with Crippen LogP contribution in [0.2, 0.25) is 5.02 Å². The summed E-state index contributed by atoms with van der Waals surface area (Å²) in [6, 6.07) is 5.71. The van der Waals surface area contributed by atoms with E-state index >= 15 is 0 Å². The summed E-state index contributed by atoms with van der Waals surface area (Å²) < 4.78 is 13.2. The SMILES string of the molecule is Cc1cc(F)cc(C(=O)c2ccncc2Cl)c1. The molecule has 4 heteroatoms. The number of halogens is 2. The van der Waals surface area contributed by atoms with Gasteiger partial charge in [-0.2, -0.15) is 0 Å². The maximum Gasteiger partial charge on any atom is 0.194 e. The van der Waals surface area contributed by atoms with Gasteiger partial charge < -0.3 is 0 Å². The van der Waals surface area contributed by atoms with E-state index in [0.29, 0.717) is 11.1 Å². The summed E-state index contributed by atoms with van der Waals surface area (Å²) in [6.45, 7) is 1.73. The fraction of sp³-hybridized carbons (Fsp3) is 0.0769. The monoisotopic (exact) mass is 249 g/mol. The molecule has 0 radical (unpaired) electrons. The van der Waals surface area contributed by atoms with Crippen molar-refractivity contribution in [2.45, 2.75) is 6.92 Å². The lowest BCUT2D eigenvalue weighted by Crippen LogP contribution is -2.03. The number of carbonyl (C=O) groups excluding carboxylic acids is 1. The van der Waals surface area contributed by atoms with Crippen LogP contribution in [0.3, 0.4) is 0 Å². The fourth-order valence-electron chi connectivity index (χ4n) is 1.58. The summed E-state index contributed by atoms with van der Waals surface area (Å²) in [5.74, 6) is -0.737. The molecule has 0 amide bonds. The van der Waals surface area contributed by atoms with Crippen LogP contribution in [-0.2, 0) is 0 Å². The van der Waals surface area contributed by atoms with Gasteiger partial charge in [-0.05, 0) is 36.8 Å². The van der Waals surface area contributed by atoms with E-state index in [4.69, 9.17) is 11.6 Å². The highest BCUT2D eigenvalue weighted by Gasteiger charge is 2.13. The molecule has 0 bridgehead atoms. The Hall–Kier alpha value is -1.74. The summed E-state index contributed by atoms with van der Waals surface area (Å²) in [5, 5.41) is 0.263. The lowest BCUT2D eigenvalue weighted by Gasteiger charge is -2.04. The minimum atomic E-state index is -0.432. The number of benzene rings is 1. The van der Waals surface area contributed by atoms with Crippen LogP contribution in [0.1, 0.15) is 21.5 Å². The molecule has 0 aliphatic heterocycles. The largest absolute Gasteiger partial charge is 0.289 e. The van der Waals surface area contributed by atoms with Gasteiger partial charge in [-0.15, -0.1) is 0 Å². The van der Waals surface area contributed by atoms with Crippen molar-refractivity contribution in [3.63, 3.8) is 0 Å². The van der Waals surface area contributed by atoms with E-state index in [1.54, 1.807) is 13.0 Å². The molecule has 0 aliphatic carbocycles. The second-order valence-electron chi connectivity index (χ2n) is 3.70. The van der Waals surface area contributed by atoms with Crippen LogP contribution >= 0.6 is 11.6 Å². The van der Waals surface area contributed by atoms with Crippen molar-refractivity contribution >= 4 is 17.4 Å². The molecule has 0 saturated carbocycles. The standard InChI is InChI=1S/C13H9ClFNO/c1-8-4-9(6-10(15)5-8)13(17)11-2-3-16-7-12(11)14/h2-7H,1H3. The van der Waals surface area contributed by atoms with E-state index in [0.717, 1.165) is 0 Å². The Kier molecular flexibility index (Phi) is 3.20. The molecule has 86 valence electrons. The summed E-state index contributed by atoms with van der Waals surface area (Å²) in [4.78, 5) is 15.9. The van der Waals surface area contributed by atoms with Crippen LogP contribution in [0.5, 0.6) is 0 Å². The molecule has 1 aromatic heterocycles. The summed E-state index contributed by atoms with van der Waals surface area (Å²) in [6.07, 6.45) is 2.87. The first-order valence-corrected chi connectivity index (χ1v) is 5.37. The maximum atomic E-state index is 13.2. The Balaban J connectivity index is 2.48. The van der Waals surface area contributed by atoms with Crippen LogP contribution in [-0.4, -0.2) is 10.8 Å². The Morgan fingerprint density at radius 3 is 2.76 bits per heavy atom. The van der Waals surface area contributed by atoms with Crippen molar-refractivity contribution in [3.05, 3.63) is 64.2 Å². The molecule has 2 aromatic rings. The summed E-state index contributed by atoms with van der Waals surface area (Å²) >= 11 is 5.87. The number of aromatic nitrogens is 1. The predicted octanol–water partition coefficient (Wildman–Crippen LogP) is 3.41. The van der Waals surface area contributed by atoms with Crippen molar-refractivity contribution in [1.82, 2.24) is 4.98 Å². The number of pyridine rings is 1. The van der Waals surface area contributed by atoms with Crippen molar-refractivity contribution in [2.24, 2.45) is 0 Å². The van der Waals surface area contributed by atoms with E-state index in [-0.39, 0.29) is 16.4 Å². The molecule has 1 heterocycles. The van der Waals surface area contributed by atoms with E-state index in [9.17, 15) is 9.18 Å². The maximum absolute atomic E-state index is 13.2. The molecule has 0 unspecified atom stereocenters. The fourth-order valence-corrected chi connectivity index (χ4v) is 1.79. The van der Waals surface area contributed by atoms with Gasteiger partial charge in [-0.3, -0.25) is 9.78 Å². The lowest BCUT2D eigenvalue weighted by molar-refractivity contribution is 0.103. The number of ketones is 1. The minimum absolute atomic E-state index is 0.263. The van der Waals surface area contributed by atoms with Crippen molar-refractivity contribution < 1.29 is 9.18 Å². The molecule has 0 N–H and O–H groups in total. The molecule has 0 spiro atoms. The molecule has 0 aliphatic rings. The van der Waals surface area contributed by atoms with Gasteiger partial charge in [0.1, 0.15) is 5.82 Å². The Morgan fingerprint density at radius 1 is 1.35 bits per heavy atom. The zero-order valence-corrected chi connectivity index (χ0v) is 9.83. The normalized spacial score (nSPS) is 10.3. The van der Waals surface area contributed by atoms with Crippen molar-refractivity contribution in [3.8, 4) is 0 Å². The summed E-state index contributed by atoms with van der Waals surface area (Å²) in [5.41, 5.74) is 1.31. The smallest absolute Gasteiger partial charge is 0.194 e. The molecule has 2 nitrogen and oxygen atoms in total. The minimum Gasteiger partial charge on any atom is -0.289 e. The molecule has 2 rings (SSSR count). The van der Waals surface area contributed by atoms with Gasteiger partial charge in [0, 0.05) is 23.5 Å². The Bertz CT molecular complexity index is 563. The van der Waals surface area contributed by atoms with Crippen LogP contribution in [0.25, 0.3) is 0 Å². The van der Waals surface area contributed by atoms with Gasteiger partial charge in [0.05, 0.1) is 5.02 Å². The number of aryl methyl sites for hydroxylation is 1. The van der Waals surface area contributed by atoms with Crippen LogP contribution < -0.4 is 0 Å². The highest BCUT2D eigenvalue weighted by molar-refractivity contribution is 6.34. The second-order valence-corrected chi connectivity index (χ2v) is 4.11. The van der Waals surface area contributed by atoms with Crippen LogP contribution in [0, 0.1) is 12.7 Å². The molecular formula is C13H9ClFNO. The number of rotatable bonds is 2.